The summed E-state index contributed by atoms with van der Waals surface area (Å²) in [4.78, 5) is 4.78. The second-order valence-corrected chi connectivity index (χ2v) is 5.45. The molecular weight excluding hydrogens is 246 g/mol. The second kappa shape index (κ2) is 5.63. The van der Waals surface area contributed by atoms with Gasteiger partial charge in [-0.1, -0.05) is 36.4 Å². The van der Waals surface area contributed by atoms with Gasteiger partial charge < -0.3 is 10.3 Å². The van der Waals surface area contributed by atoms with Crippen LogP contribution >= 0.6 is 0 Å². The van der Waals surface area contributed by atoms with Gasteiger partial charge >= 0.3 is 0 Å². The summed E-state index contributed by atoms with van der Waals surface area (Å²) < 4.78 is 2.28. The Labute approximate surface area is 120 Å². The maximum absolute atomic E-state index is 5.78. The van der Waals surface area contributed by atoms with Crippen molar-refractivity contribution in [1.82, 2.24) is 9.55 Å². The van der Waals surface area contributed by atoms with E-state index in [1.54, 1.807) is 0 Å². The number of hydrogen-bond acceptors (Lipinski definition) is 2. The van der Waals surface area contributed by atoms with E-state index < -0.39 is 0 Å². The molecule has 1 aromatic carbocycles. The van der Waals surface area contributed by atoms with E-state index >= 15 is 0 Å². The topological polar surface area (TPSA) is 43.8 Å². The van der Waals surface area contributed by atoms with Gasteiger partial charge in [0.25, 0.3) is 0 Å². The number of rotatable bonds is 3. The normalized spacial score (nSPS) is 18.4. The Morgan fingerprint density at radius 1 is 1.35 bits per heavy atom. The third-order valence-corrected chi connectivity index (χ3v) is 4.01. The lowest BCUT2D eigenvalue weighted by Gasteiger charge is -2.21. The predicted octanol–water partition coefficient (Wildman–Crippen LogP) is 3.10. The molecule has 2 N–H and O–H groups in total. The van der Waals surface area contributed by atoms with Crippen LogP contribution in [0.4, 0.5) is 0 Å². The molecule has 104 valence electrons. The zero-order chi connectivity index (χ0) is 13.9. The van der Waals surface area contributed by atoms with Crippen molar-refractivity contribution in [3.8, 4) is 11.3 Å². The van der Waals surface area contributed by atoms with Gasteiger partial charge in [-0.05, 0) is 31.4 Å². The monoisotopic (exact) mass is 267 g/mol. The minimum absolute atomic E-state index is 0.592. The highest BCUT2D eigenvalue weighted by molar-refractivity contribution is 5.62. The van der Waals surface area contributed by atoms with E-state index in [1.165, 1.54) is 23.4 Å². The number of imidazole rings is 1. The Kier molecular flexibility index (Phi) is 3.70. The van der Waals surface area contributed by atoms with E-state index in [1.807, 2.05) is 6.92 Å². The summed E-state index contributed by atoms with van der Waals surface area (Å²) in [5.41, 5.74) is 9.26. The molecule has 1 unspecified atom stereocenters. The van der Waals surface area contributed by atoms with Gasteiger partial charge in [-0.15, -0.1) is 0 Å². The molecule has 0 bridgehead atoms. The van der Waals surface area contributed by atoms with Crippen LogP contribution in [0.1, 0.15) is 24.7 Å². The molecule has 0 amide bonds. The van der Waals surface area contributed by atoms with Crippen molar-refractivity contribution in [2.45, 2.75) is 26.3 Å². The van der Waals surface area contributed by atoms with Gasteiger partial charge in [-0.3, -0.25) is 0 Å². The first-order valence-electron chi connectivity index (χ1n) is 7.29. The average molecular weight is 267 g/mol. The van der Waals surface area contributed by atoms with E-state index in [0.29, 0.717) is 5.92 Å². The molecule has 3 rings (SSSR count). The molecule has 1 aliphatic rings. The fourth-order valence-electron chi connectivity index (χ4n) is 2.79. The van der Waals surface area contributed by atoms with Crippen LogP contribution in [0.15, 0.2) is 36.5 Å². The minimum atomic E-state index is 0.592. The Bertz CT molecular complexity index is 608. The van der Waals surface area contributed by atoms with Crippen molar-refractivity contribution in [2.75, 3.05) is 6.54 Å². The van der Waals surface area contributed by atoms with Crippen molar-refractivity contribution >= 4 is 6.08 Å². The Balaban J connectivity index is 1.86. The van der Waals surface area contributed by atoms with E-state index in [9.17, 15) is 0 Å². The maximum Gasteiger partial charge on any atom is 0.109 e. The Hall–Kier alpha value is -1.87. The number of aryl methyl sites for hydroxylation is 1. The molecule has 3 heteroatoms. The maximum atomic E-state index is 5.78. The molecule has 2 aromatic rings. The number of hydrogen-bond donors (Lipinski definition) is 1. The molecule has 0 fully saturated rings. The molecule has 0 saturated carbocycles. The zero-order valence-electron chi connectivity index (χ0n) is 11.9. The SMILES string of the molecule is C/C=C/c1ccc(-c2cn3c(n2)CC(CN)CC3)cc1. The van der Waals surface area contributed by atoms with Gasteiger partial charge in [-0.25, -0.2) is 4.98 Å². The summed E-state index contributed by atoms with van der Waals surface area (Å²) in [7, 11) is 0. The van der Waals surface area contributed by atoms with E-state index in [0.717, 1.165) is 25.2 Å². The molecular formula is C17H21N3. The van der Waals surface area contributed by atoms with Crippen molar-refractivity contribution in [3.05, 3.63) is 47.9 Å². The molecule has 1 aliphatic heterocycles. The van der Waals surface area contributed by atoms with Crippen LogP contribution in [-0.4, -0.2) is 16.1 Å². The number of nitrogens with two attached hydrogens (primary N) is 1. The minimum Gasteiger partial charge on any atom is -0.334 e. The largest absolute Gasteiger partial charge is 0.334 e. The summed E-state index contributed by atoms with van der Waals surface area (Å²) in [5.74, 6) is 1.77. The molecule has 0 aliphatic carbocycles. The van der Waals surface area contributed by atoms with Gasteiger partial charge in [0.1, 0.15) is 5.82 Å². The molecule has 3 nitrogen and oxygen atoms in total. The van der Waals surface area contributed by atoms with Gasteiger partial charge in [0, 0.05) is 24.7 Å². The lowest BCUT2D eigenvalue weighted by atomic mass is 9.98. The first-order chi connectivity index (χ1) is 9.80. The van der Waals surface area contributed by atoms with Crippen LogP contribution in [0.3, 0.4) is 0 Å². The van der Waals surface area contributed by atoms with Crippen molar-refractivity contribution in [2.24, 2.45) is 11.7 Å². The van der Waals surface area contributed by atoms with Crippen LogP contribution < -0.4 is 5.73 Å². The van der Waals surface area contributed by atoms with Gasteiger partial charge in [0.05, 0.1) is 5.69 Å². The summed E-state index contributed by atoms with van der Waals surface area (Å²) in [5, 5.41) is 0. The van der Waals surface area contributed by atoms with Crippen LogP contribution in [0, 0.1) is 5.92 Å². The Morgan fingerprint density at radius 2 is 2.15 bits per heavy atom. The lowest BCUT2D eigenvalue weighted by molar-refractivity contribution is 0.389. The van der Waals surface area contributed by atoms with Gasteiger partial charge in [0.15, 0.2) is 0 Å². The average Bonchev–Trinajstić information content (AvgIpc) is 2.91. The smallest absolute Gasteiger partial charge is 0.109 e. The highest BCUT2D eigenvalue weighted by atomic mass is 15.1. The standard InChI is InChI=1S/C17H21N3/c1-2-3-13-4-6-15(7-5-13)16-12-20-9-8-14(11-18)10-17(20)19-16/h2-7,12,14H,8-11,18H2,1H3/b3-2+. The molecule has 20 heavy (non-hydrogen) atoms. The lowest BCUT2D eigenvalue weighted by Crippen LogP contribution is -2.25. The number of allylic oxidation sites excluding steroid dienone is 1. The van der Waals surface area contributed by atoms with Crippen molar-refractivity contribution in [3.63, 3.8) is 0 Å². The highest BCUT2D eigenvalue weighted by Gasteiger charge is 2.19. The summed E-state index contributed by atoms with van der Waals surface area (Å²) >= 11 is 0. The first kappa shape index (κ1) is 13.1. The third kappa shape index (κ3) is 2.54. The third-order valence-electron chi connectivity index (χ3n) is 4.01. The molecule has 2 heterocycles. The van der Waals surface area contributed by atoms with Crippen molar-refractivity contribution in [1.29, 1.82) is 0 Å². The molecule has 0 radical (unpaired) electrons. The summed E-state index contributed by atoms with van der Waals surface area (Å²) in [6.07, 6.45) is 8.50. The Morgan fingerprint density at radius 3 is 2.85 bits per heavy atom. The number of aromatic nitrogens is 2. The van der Waals surface area contributed by atoms with Crippen LogP contribution in [0.25, 0.3) is 17.3 Å². The van der Waals surface area contributed by atoms with Crippen LogP contribution in [0.2, 0.25) is 0 Å². The fourth-order valence-corrected chi connectivity index (χ4v) is 2.79. The van der Waals surface area contributed by atoms with Crippen molar-refractivity contribution < 1.29 is 0 Å². The predicted molar refractivity (Wildman–Crippen MR) is 83.2 cm³/mol. The molecule has 0 saturated heterocycles. The van der Waals surface area contributed by atoms with Gasteiger partial charge in [-0.2, -0.15) is 0 Å². The fraction of sp³-hybridized carbons (Fsp3) is 0.353. The summed E-state index contributed by atoms with van der Waals surface area (Å²) in [6, 6.07) is 8.56. The summed E-state index contributed by atoms with van der Waals surface area (Å²) in [6.45, 7) is 3.84. The molecule has 0 spiro atoms. The van der Waals surface area contributed by atoms with Crippen LogP contribution in [0.5, 0.6) is 0 Å². The number of fused-ring (bicyclic) bond motifs is 1. The second-order valence-electron chi connectivity index (χ2n) is 5.45. The quantitative estimate of drug-likeness (QED) is 0.928. The molecule has 1 atom stereocenters. The molecule has 1 aromatic heterocycles. The first-order valence-corrected chi connectivity index (χ1v) is 7.29. The highest BCUT2D eigenvalue weighted by Crippen LogP contribution is 2.25. The number of benzene rings is 1. The number of nitrogens with zero attached hydrogens (tertiary/aromatic N) is 2. The zero-order valence-corrected chi connectivity index (χ0v) is 11.9. The van der Waals surface area contributed by atoms with E-state index in [4.69, 9.17) is 10.7 Å². The van der Waals surface area contributed by atoms with E-state index in [2.05, 4.69) is 47.2 Å². The van der Waals surface area contributed by atoms with E-state index in [-0.39, 0.29) is 0 Å². The van der Waals surface area contributed by atoms with Gasteiger partial charge in [0.2, 0.25) is 0 Å². The van der Waals surface area contributed by atoms with Crippen LogP contribution in [-0.2, 0) is 13.0 Å².